The minimum Gasteiger partial charge on any atom is -0.486 e. The van der Waals surface area contributed by atoms with Crippen LogP contribution in [0.2, 0.25) is 5.02 Å². The van der Waals surface area contributed by atoms with Crippen molar-refractivity contribution in [3.63, 3.8) is 0 Å². The maximum absolute atomic E-state index is 12.5. The van der Waals surface area contributed by atoms with Crippen molar-refractivity contribution in [1.82, 2.24) is 4.90 Å². The van der Waals surface area contributed by atoms with Crippen molar-refractivity contribution in [2.24, 2.45) is 0 Å². The normalized spacial score (nSPS) is 12.4. The molecule has 0 aromatic heterocycles. The third-order valence-corrected chi connectivity index (χ3v) is 3.99. The Labute approximate surface area is 150 Å². The Morgan fingerprint density at radius 2 is 1.76 bits per heavy atom. The molecule has 1 heterocycles. The summed E-state index contributed by atoms with van der Waals surface area (Å²) in [5, 5.41) is 3.09. The van der Waals surface area contributed by atoms with Gasteiger partial charge in [0.05, 0.1) is 10.6 Å². The van der Waals surface area contributed by atoms with Crippen molar-refractivity contribution in [2.45, 2.75) is 0 Å². The summed E-state index contributed by atoms with van der Waals surface area (Å²) >= 11 is 6.08. The number of anilines is 1. The van der Waals surface area contributed by atoms with Gasteiger partial charge in [0.2, 0.25) is 0 Å². The molecular formula is C18H17ClN2O4. The van der Waals surface area contributed by atoms with Crippen molar-refractivity contribution in [3.05, 3.63) is 52.5 Å². The highest BCUT2D eigenvalue weighted by atomic mass is 35.5. The predicted octanol–water partition coefficient (Wildman–Crippen LogP) is 3.07. The minimum atomic E-state index is -0.317. The Bertz CT molecular complexity index is 836. The number of carbonyl (C=O) groups is 2. The summed E-state index contributed by atoms with van der Waals surface area (Å²) in [7, 11) is 3.28. The molecule has 0 atom stereocenters. The molecule has 0 aliphatic carbocycles. The molecule has 0 unspecified atom stereocenters. The number of fused-ring (bicyclic) bond motifs is 1. The lowest BCUT2D eigenvalue weighted by molar-refractivity contribution is 0.0827. The molecule has 1 aliphatic rings. The number of amides is 2. The lowest BCUT2D eigenvalue weighted by Crippen LogP contribution is -2.22. The van der Waals surface area contributed by atoms with Crippen LogP contribution < -0.4 is 14.8 Å². The third kappa shape index (κ3) is 3.69. The van der Waals surface area contributed by atoms with Gasteiger partial charge in [0, 0.05) is 25.3 Å². The van der Waals surface area contributed by atoms with Crippen molar-refractivity contribution in [1.29, 1.82) is 0 Å². The predicted molar refractivity (Wildman–Crippen MR) is 94.9 cm³/mol. The van der Waals surface area contributed by atoms with E-state index in [1.165, 1.54) is 4.90 Å². The molecule has 6 nitrogen and oxygen atoms in total. The van der Waals surface area contributed by atoms with Crippen LogP contribution in [0.3, 0.4) is 0 Å². The van der Waals surface area contributed by atoms with Gasteiger partial charge in [-0.1, -0.05) is 11.6 Å². The minimum absolute atomic E-state index is 0.236. The van der Waals surface area contributed by atoms with Crippen LogP contribution in [0.4, 0.5) is 5.69 Å². The van der Waals surface area contributed by atoms with E-state index >= 15 is 0 Å². The molecule has 25 heavy (non-hydrogen) atoms. The van der Waals surface area contributed by atoms with Crippen LogP contribution in [0.1, 0.15) is 20.7 Å². The Balaban J connectivity index is 1.81. The molecule has 0 saturated heterocycles. The molecule has 2 aromatic carbocycles. The van der Waals surface area contributed by atoms with Gasteiger partial charge in [-0.25, -0.2) is 0 Å². The fourth-order valence-corrected chi connectivity index (χ4v) is 2.59. The quantitative estimate of drug-likeness (QED) is 0.913. The summed E-state index contributed by atoms with van der Waals surface area (Å²) in [6.07, 6.45) is 0. The van der Waals surface area contributed by atoms with Crippen molar-refractivity contribution >= 4 is 29.1 Å². The molecule has 3 rings (SSSR count). The van der Waals surface area contributed by atoms with Gasteiger partial charge < -0.3 is 19.7 Å². The van der Waals surface area contributed by atoms with E-state index in [4.69, 9.17) is 21.1 Å². The van der Waals surface area contributed by atoms with E-state index in [9.17, 15) is 9.59 Å². The Kier molecular flexibility index (Phi) is 4.81. The molecule has 0 bridgehead atoms. The summed E-state index contributed by atoms with van der Waals surface area (Å²) in [6, 6.07) is 9.77. The second-order valence-electron chi connectivity index (χ2n) is 5.71. The highest BCUT2D eigenvalue weighted by Gasteiger charge is 2.17. The van der Waals surface area contributed by atoms with E-state index in [1.54, 1.807) is 50.5 Å². The summed E-state index contributed by atoms with van der Waals surface area (Å²) in [5.41, 5.74) is 1.24. The van der Waals surface area contributed by atoms with Gasteiger partial charge in [0.25, 0.3) is 11.8 Å². The second-order valence-corrected chi connectivity index (χ2v) is 6.11. The van der Waals surface area contributed by atoms with E-state index < -0.39 is 0 Å². The Hall–Kier alpha value is -2.73. The zero-order valence-corrected chi connectivity index (χ0v) is 14.6. The van der Waals surface area contributed by atoms with E-state index in [0.29, 0.717) is 46.5 Å². The van der Waals surface area contributed by atoms with E-state index in [0.717, 1.165) is 0 Å². The van der Waals surface area contributed by atoms with Crippen molar-refractivity contribution < 1.29 is 19.1 Å². The van der Waals surface area contributed by atoms with Crippen LogP contribution in [0.5, 0.6) is 11.5 Å². The second kappa shape index (κ2) is 7.03. The summed E-state index contributed by atoms with van der Waals surface area (Å²) in [6.45, 7) is 0.942. The molecule has 0 saturated carbocycles. The SMILES string of the molecule is CN(C)C(=O)c1cc(NC(=O)c2ccc3c(c2)OCCO3)ccc1Cl. The fraction of sp³-hybridized carbons (Fsp3) is 0.222. The number of halogens is 1. The smallest absolute Gasteiger partial charge is 0.255 e. The molecule has 130 valence electrons. The Morgan fingerprint density at radius 3 is 2.48 bits per heavy atom. The summed E-state index contributed by atoms with van der Waals surface area (Å²) in [4.78, 5) is 26.0. The van der Waals surface area contributed by atoms with Crippen LogP contribution >= 0.6 is 11.6 Å². The van der Waals surface area contributed by atoms with Gasteiger partial charge in [-0.2, -0.15) is 0 Å². The van der Waals surface area contributed by atoms with E-state index in [1.807, 2.05) is 0 Å². The van der Waals surface area contributed by atoms with Crippen LogP contribution in [-0.2, 0) is 0 Å². The fourth-order valence-electron chi connectivity index (χ4n) is 2.40. The lowest BCUT2D eigenvalue weighted by Gasteiger charge is -2.18. The molecule has 1 aliphatic heterocycles. The zero-order valence-electron chi connectivity index (χ0n) is 13.8. The van der Waals surface area contributed by atoms with E-state index in [-0.39, 0.29) is 11.8 Å². The average molecular weight is 361 g/mol. The molecule has 2 aromatic rings. The zero-order chi connectivity index (χ0) is 18.0. The first-order valence-corrected chi connectivity index (χ1v) is 8.05. The van der Waals surface area contributed by atoms with Gasteiger partial charge in [-0.15, -0.1) is 0 Å². The first kappa shape index (κ1) is 17.1. The molecule has 0 radical (unpaired) electrons. The number of hydrogen-bond donors (Lipinski definition) is 1. The largest absolute Gasteiger partial charge is 0.486 e. The van der Waals surface area contributed by atoms with Crippen LogP contribution in [0.15, 0.2) is 36.4 Å². The number of hydrogen-bond acceptors (Lipinski definition) is 4. The highest BCUT2D eigenvalue weighted by Crippen LogP contribution is 2.31. The Morgan fingerprint density at radius 1 is 1.04 bits per heavy atom. The number of benzene rings is 2. The van der Waals surface area contributed by atoms with Gasteiger partial charge in [0.1, 0.15) is 13.2 Å². The van der Waals surface area contributed by atoms with E-state index in [2.05, 4.69) is 5.32 Å². The number of rotatable bonds is 3. The first-order valence-electron chi connectivity index (χ1n) is 7.68. The summed E-state index contributed by atoms with van der Waals surface area (Å²) < 4.78 is 10.9. The molecule has 0 fully saturated rings. The maximum atomic E-state index is 12.5. The molecule has 7 heteroatoms. The average Bonchev–Trinajstić information content (AvgIpc) is 2.62. The highest BCUT2D eigenvalue weighted by molar-refractivity contribution is 6.34. The maximum Gasteiger partial charge on any atom is 0.255 e. The standard InChI is InChI=1S/C18H17ClN2O4/c1-21(2)18(23)13-10-12(4-5-14(13)19)20-17(22)11-3-6-15-16(9-11)25-8-7-24-15/h3-6,9-10H,7-8H2,1-2H3,(H,20,22). The molecule has 2 amide bonds. The van der Waals surface area contributed by atoms with Crippen LogP contribution in [0.25, 0.3) is 0 Å². The van der Waals surface area contributed by atoms with Gasteiger partial charge in [0.15, 0.2) is 11.5 Å². The summed E-state index contributed by atoms with van der Waals surface area (Å²) in [5.74, 6) is 0.606. The van der Waals surface area contributed by atoms with Gasteiger partial charge in [-0.3, -0.25) is 9.59 Å². The van der Waals surface area contributed by atoms with Crippen LogP contribution in [-0.4, -0.2) is 44.0 Å². The van der Waals surface area contributed by atoms with Crippen LogP contribution in [0, 0.1) is 0 Å². The first-order chi connectivity index (χ1) is 12.0. The van der Waals surface area contributed by atoms with Gasteiger partial charge in [-0.05, 0) is 36.4 Å². The number of carbonyl (C=O) groups excluding carboxylic acids is 2. The van der Waals surface area contributed by atoms with Crippen molar-refractivity contribution in [2.75, 3.05) is 32.6 Å². The molecular weight excluding hydrogens is 344 g/mol. The number of ether oxygens (including phenoxy) is 2. The lowest BCUT2D eigenvalue weighted by atomic mass is 10.1. The molecule has 1 N–H and O–H groups in total. The molecule has 0 spiro atoms. The monoisotopic (exact) mass is 360 g/mol. The van der Waals surface area contributed by atoms with Gasteiger partial charge >= 0.3 is 0 Å². The number of nitrogens with one attached hydrogen (secondary N) is 1. The topological polar surface area (TPSA) is 67.9 Å². The number of nitrogens with zero attached hydrogens (tertiary/aromatic N) is 1. The third-order valence-electron chi connectivity index (χ3n) is 3.67. The van der Waals surface area contributed by atoms with Crippen molar-refractivity contribution in [3.8, 4) is 11.5 Å².